The molecule has 0 saturated carbocycles. The Hall–Kier alpha value is -2.21. The first kappa shape index (κ1) is 14.7. The molecular weight excluding hydrogens is 280 g/mol. The number of benzene rings is 1. The van der Waals surface area contributed by atoms with Crippen LogP contribution < -0.4 is 0 Å². The molecule has 0 spiro atoms. The number of hydrogen-bond acceptors (Lipinski definition) is 4. The Morgan fingerprint density at radius 1 is 1.27 bits per heavy atom. The first-order chi connectivity index (χ1) is 10.8. The molecule has 1 saturated heterocycles. The van der Waals surface area contributed by atoms with Gasteiger partial charge in [0, 0.05) is 24.8 Å². The zero-order chi connectivity index (χ0) is 15.4. The number of aliphatic hydroxyl groups is 1. The number of carbonyl (C=O) groups excluding carboxylic acids is 1. The molecule has 2 aromatic rings. The molecule has 2 heterocycles. The van der Waals surface area contributed by atoms with Gasteiger partial charge in [-0.3, -0.25) is 4.79 Å². The Labute approximate surface area is 129 Å². The fraction of sp³-hybridized carbons (Fsp3) is 0.438. The average Bonchev–Trinajstić information content (AvgIpc) is 3.10. The summed E-state index contributed by atoms with van der Waals surface area (Å²) in [6.45, 7) is 0.897. The van der Waals surface area contributed by atoms with Crippen molar-refractivity contribution >= 4 is 5.91 Å². The molecule has 6 heteroatoms. The third-order valence-electron chi connectivity index (χ3n) is 4.15. The number of carbonyl (C=O) groups is 1. The standard InChI is InChI=1S/C16H20N4O2/c21-10-8-14-3-1-2-9-19(14)16(22)13-4-6-15(7-5-13)20-12-17-11-18-20/h4-7,11-12,14,21H,1-3,8-10H2. The van der Waals surface area contributed by atoms with Crippen LogP contribution in [0.15, 0.2) is 36.9 Å². The Bertz CT molecular complexity index is 608. The van der Waals surface area contributed by atoms with Crippen molar-refractivity contribution in [2.45, 2.75) is 31.7 Å². The SMILES string of the molecule is O=C(c1ccc(-n2cncn2)cc1)N1CCCCC1CCO. The lowest BCUT2D eigenvalue weighted by atomic mass is 9.98. The van der Waals surface area contributed by atoms with Gasteiger partial charge < -0.3 is 10.0 Å². The van der Waals surface area contributed by atoms with E-state index in [1.54, 1.807) is 11.0 Å². The number of rotatable bonds is 4. The lowest BCUT2D eigenvalue weighted by Crippen LogP contribution is -2.44. The van der Waals surface area contributed by atoms with Crippen LogP contribution in [-0.4, -0.2) is 49.9 Å². The van der Waals surface area contributed by atoms with E-state index in [0.717, 1.165) is 31.5 Å². The summed E-state index contributed by atoms with van der Waals surface area (Å²) in [5.41, 5.74) is 1.55. The molecule has 0 bridgehead atoms. The van der Waals surface area contributed by atoms with E-state index in [1.165, 1.54) is 6.33 Å². The molecule has 6 nitrogen and oxygen atoms in total. The highest BCUT2D eigenvalue weighted by Crippen LogP contribution is 2.22. The van der Waals surface area contributed by atoms with Crippen LogP contribution in [0.25, 0.3) is 5.69 Å². The van der Waals surface area contributed by atoms with Crippen molar-refractivity contribution in [3.8, 4) is 5.69 Å². The molecule has 1 unspecified atom stereocenters. The van der Waals surface area contributed by atoms with Crippen LogP contribution in [0.5, 0.6) is 0 Å². The Kier molecular flexibility index (Phi) is 4.48. The van der Waals surface area contributed by atoms with Gasteiger partial charge in [-0.2, -0.15) is 5.10 Å². The molecule has 1 aliphatic heterocycles. The predicted octanol–water partition coefficient (Wildman–Crippen LogP) is 1.64. The second-order valence-corrected chi connectivity index (χ2v) is 5.55. The van der Waals surface area contributed by atoms with Gasteiger partial charge in [-0.15, -0.1) is 0 Å². The highest BCUT2D eigenvalue weighted by atomic mass is 16.3. The van der Waals surface area contributed by atoms with Crippen LogP contribution in [0.4, 0.5) is 0 Å². The molecular formula is C16H20N4O2. The van der Waals surface area contributed by atoms with Gasteiger partial charge in [0.2, 0.25) is 0 Å². The molecule has 1 aliphatic rings. The number of likely N-dealkylation sites (tertiary alicyclic amines) is 1. The van der Waals surface area contributed by atoms with E-state index in [1.807, 2.05) is 29.2 Å². The van der Waals surface area contributed by atoms with E-state index in [2.05, 4.69) is 10.1 Å². The van der Waals surface area contributed by atoms with Crippen molar-refractivity contribution in [2.24, 2.45) is 0 Å². The minimum absolute atomic E-state index is 0.0447. The predicted molar refractivity (Wildman–Crippen MR) is 81.7 cm³/mol. The summed E-state index contributed by atoms with van der Waals surface area (Å²) in [7, 11) is 0. The molecule has 1 aromatic heterocycles. The molecule has 116 valence electrons. The molecule has 1 fully saturated rings. The summed E-state index contributed by atoms with van der Waals surface area (Å²) >= 11 is 0. The van der Waals surface area contributed by atoms with E-state index >= 15 is 0 Å². The fourth-order valence-electron chi connectivity index (χ4n) is 2.98. The van der Waals surface area contributed by atoms with Gasteiger partial charge in [0.1, 0.15) is 12.7 Å². The zero-order valence-corrected chi connectivity index (χ0v) is 12.4. The van der Waals surface area contributed by atoms with Crippen LogP contribution >= 0.6 is 0 Å². The number of aliphatic hydroxyl groups excluding tert-OH is 1. The van der Waals surface area contributed by atoms with Gasteiger partial charge in [0.05, 0.1) is 5.69 Å². The maximum atomic E-state index is 12.7. The minimum Gasteiger partial charge on any atom is -0.396 e. The number of aromatic nitrogens is 3. The van der Waals surface area contributed by atoms with Gasteiger partial charge in [-0.05, 0) is 49.9 Å². The normalized spacial score (nSPS) is 18.4. The number of piperidine rings is 1. The molecule has 0 radical (unpaired) electrons. The van der Waals surface area contributed by atoms with Crippen LogP contribution in [0, 0.1) is 0 Å². The highest BCUT2D eigenvalue weighted by molar-refractivity contribution is 5.94. The number of hydrogen-bond donors (Lipinski definition) is 1. The third kappa shape index (κ3) is 3.01. The van der Waals surface area contributed by atoms with Gasteiger partial charge in [0.15, 0.2) is 0 Å². The summed E-state index contributed by atoms with van der Waals surface area (Å²) in [5, 5.41) is 13.2. The van der Waals surface area contributed by atoms with E-state index in [0.29, 0.717) is 12.0 Å². The Morgan fingerprint density at radius 2 is 2.09 bits per heavy atom. The lowest BCUT2D eigenvalue weighted by molar-refractivity contribution is 0.0574. The molecule has 3 rings (SSSR count). The lowest BCUT2D eigenvalue weighted by Gasteiger charge is -2.35. The van der Waals surface area contributed by atoms with Crippen molar-refractivity contribution in [2.75, 3.05) is 13.2 Å². The van der Waals surface area contributed by atoms with Crippen LogP contribution in [-0.2, 0) is 0 Å². The monoisotopic (exact) mass is 300 g/mol. The summed E-state index contributed by atoms with van der Waals surface area (Å²) in [6, 6.07) is 7.54. The first-order valence-electron chi connectivity index (χ1n) is 7.66. The second kappa shape index (κ2) is 6.70. The summed E-state index contributed by atoms with van der Waals surface area (Å²) in [6.07, 6.45) is 6.89. The summed E-state index contributed by atoms with van der Waals surface area (Å²) in [4.78, 5) is 18.5. The molecule has 0 aliphatic carbocycles. The fourth-order valence-corrected chi connectivity index (χ4v) is 2.98. The second-order valence-electron chi connectivity index (χ2n) is 5.55. The Morgan fingerprint density at radius 3 is 2.77 bits per heavy atom. The minimum atomic E-state index is 0.0447. The summed E-state index contributed by atoms with van der Waals surface area (Å²) < 4.78 is 1.66. The largest absolute Gasteiger partial charge is 0.396 e. The molecule has 1 atom stereocenters. The Balaban J connectivity index is 1.76. The van der Waals surface area contributed by atoms with E-state index in [-0.39, 0.29) is 18.6 Å². The highest BCUT2D eigenvalue weighted by Gasteiger charge is 2.26. The molecule has 1 N–H and O–H groups in total. The van der Waals surface area contributed by atoms with Crippen LogP contribution in [0.2, 0.25) is 0 Å². The van der Waals surface area contributed by atoms with E-state index in [4.69, 9.17) is 0 Å². The maximum absolute atomic E-state index is 12.7. The zero-order valence-electron chi connectivity index (χ0n) is 12.4. The van der Waals surface area contributed by atoms with Crippen LogP contribution in [0.3, 0.4) is 0 Å². The van der Waals surface area contributed by atoms with Crippen molar-refractivity contribution in [1.29, 1.82) is 0 Å². The van der Waals surface area contributed by atoms with E-state index in [9.17, 15) is 9.90 Å². The van der Waals surface area contributed by atoms with Crippen molar-refractivity contribution < 1.29 is 9.90 Å². The van der Waals surface area contributed by atoms with Crippen molar-refractivity contribution in [3.63, 3.8) is 0 Å². The first-order valence-corrected chi connectivity index (χ1v) is 7.66. The molecule has 22 heavy (non-hydrogen) atoms. The van der Waals surface area contributed by atoms with Crippen molar-refractivity contribution in [1.82, 2.24) is 19.7 Å². The maximum Gasteiger partial charge on any atom is 0.254 e. The van der Waals surface area contributed by atoms with Gasteiger partial charge >= 0.3 is 0 Å². The number of nitrogens with zero attached hydrogens (tertiary/aromatic N) is 4. The van der Waals surface area contributed by atoms with Gasteiger partial charge in [0.25, 0.3) is 5.91 Å². The topological polar surface area (TPSA) is 71.2 Å². The average molecular weight is 300 g/mol. The molecule has 1 amide bonds. The summed E-state index contributed by atoms with van der Waals surface area (Å²) in [5.74, 6) is 0.0447. The number of amides is 1. The van der Waals surface area contributed by atoms with Crippen molar-refractivity contribution in [3.05, 3.63) is 42.5 Å². The third-order valence-corrected chi connectivity index (χ3v) is 4.15. The molecule has 1 aromatic carbocycles. The van der Waals surface area contributed by atoms with Gasteiger partial charge in [-0.1, -0.05) is 0 Å². The van der Waals surface area contributed by atoms with E-state index < -0.39 is 0 Å². The van der Waals surface area contributed by atoms with Gasteiger partial charge in [-0.25, -0.2) is 9.67 Å². The smallest absolute Gasteiger partial charge is 0.254 e. The van der Waals surface area contributed by atoms with Crippen LogP contribution in [0.1, 0.15) is 36.0 Å². The quantitative estimate of drug-likeness (QED) is 0.932.